The summed E-state index contributed by atoms with van der Waals surface area (Å²) in [6, 6.07) is 4.61. The maximum atomic E-state index is 12.3. The highest BCUT2D eigenvalue weighted by molar-refractivity contribution is 6.33. The van der Waals surface area contributed by atoms with Gasteiger partial charge in [0.05, 0.1) is 10.6 Å². The molecule has 27 heavy (non-hydrogen) atoms. The Labute approximate surface area is 163 Å². The average molecular weight is 398 g/mol. The van der Waals surface area contributed by atoms with E-state index in [-0.39, 0.29) is 22.5 Å². The number of benzene rings is 1. The molecule has 0 aliphatic carbocycles. The van der Waals surface area contributed by atoms with Crippen molar-refractivity contribution in [2.75, 3.05) is 6.61 Å². The largest absolute Gasteiger partial charge is 0.454 e. The summed E-state index contributed by atoms with van der Waals surface area (Å²) < 4.78 is 4.92. The third kappa shape index (κ3) is 7.65. The van der Waals surface area contributed by atoms with Gasteiger partial charge in [0.25, 0.3) is 11.8 Å². The Morgan fingerprint density at radius 3 is 2.22 bits per heavy atom. The second-order valence-corrected chi connectivity index (χ2v) is 6.87. The van der Waals surface area contributed by atoms with Crippen molar-refractivity contribution in [2.45, 2.75) is 39.8 Å². The molecule has 8 nitrogen and oxygen atoms in total. The number of nitrogens with one attached hydrogen (secondary N) is 3. The molecule has 1 aromatic carbocycles. The van der Waals surface area contributed by atoms with E-state index in [1.807, 2.05) is 5.32 Å². The van der Waals surface area contributed by atoms with Gasteiger partial charge in [0.15, 0.2) is 6.61 Å². The summed E-state index contributed by atoms with van der Waals surface area (Å²) in [5.41, 5.74) is 0.223. The fraction of sp³-hybridized carbons (Fsp3) is 0.444. The number of imide groups is 1. The molecule has 0 saturated carbocycles. The summed E-state index contributed by atoms with van der Waals surface area (Å²) in [4.78, 5) is 47.7. The van der Waals surface area contributed by atoms with Crippen LogP contribution in [0.3, 0.4) is 0 Å². The summed E-state index contributed by atoms with van der Waals surface area (Å²) in [6.07, 6.45) is 0. The Balaban J connectivity index is 2.63. The third-order valence-corrected chi connectivity index (χ3v) is 3.67. The quantitative estimate of drug-likeness (QED) is 0.608. The number of esters is 1. The molecule has 0 saturated heterocycles. The molecule has 0 heterocycles. The van der Waals surface area contributed by atoms with Crippen LogP contribution in [0.4, 0.5) is 4.79 Å². The lowest BCUT2D eigenvalue weighted by Gasteiger charge is -2.21. The number of carbonyl (C=O) groups is 4. The third-order valence-electron chi connectivity index (χ3n) is 3.34. The summed E-state index contributed by atoms with van der Waals surface area (Å²) in [5.74, 6) is -2.39. The molecule has 0 aliphatic heterocycles. The Hall–Kier alpha value is -2.61. The molecule has 3 N–H and O–H groups in total. The first-order chi connectivity index (χ1) is 12.6. The minimum Gasteiger partial charge on any atom is -0.454 e. The first-order valence-corrected chi connectivity index (χ1v) is 8.82. The predicted molar refractivity (Wildman–Crippen MR) is 100 cm³/mol. The van der Waals surface area contributed by atoms with E-state index in [4.69, 9.17) is 16.3 Å². The molecule has 0 aliphatic rings. The molecule has 0 radical (unpaired) electrons. The smallest absolute Gasteiger partial charge is 0.329 e. The number of rotatable bonds is 7. The molecule has 9 heteroatoms. The number of hydrogen-bond donors (Lipinski definition) is 3. The van der Waals surface area contributed by atoms with E-state index in [1.54, 1.807) is 45.9 Å². The van der Waals surface area contributed by atoms with Crippen LogP contribution in [0.1, 0.15) is 38.1 Å². The highest BCUT2D eigenvalue weighted by Gasteiger charge is 2.27. The van der Waals surface area contributed by atoms with Crippen molar-refractivity contribution in [3.63, 3.8) is 0 Å². The lowest BCUT2D eigenvalue weighted by molar-refractivity contribution is -0.151. The van der Waals surface area contributed by atoms with Crippen molar-refractivity contribution >= 4 is 35.4 Å². The van der Waals surface area contributed by atoms with Gasteiger partial charge in [-0.3, -0.25) is 14.9 Å². The van der Waals surface area contributed by atoms with Gasteiger partial charge in [-0.15, -0.1) is 0 Å². The van der Waals surface area contributed by atoms with Crippen LogP contribution >= 0.6 is 11.6 Å². The minimum atomic E-state index is -0.980. The Kier molecular flexibility index (Phi) is 8.74. The first kappa shape index (κ1) is 22.4. The van der Waals surface area contributed by atoms with Crippen molar-refractivity contribution in [1.82, 2.24) is 16.0 Å². The van der Waals surface area contributed by atoms with Crippen molar-refractivity contribution in [3.05, 3.63) is 34.9 Å². The zero-order valence-electron chi connectivity index (χ0n) is 15.7. The monoisotopic (exact) mass is 397 g/mol. The van der Waals surface area contributed by atoms with Crippen LogP contribution < -0.4 is 16.0 Å². The lowest BCUT2D eigenvalue weighted by atomic mass is 10.0. The second kappa shape index (κ2) is 10.5. The van der Waals surface area contributed by atoms with E-state index in [1.165, 1.54) is 6.07 Å². The van der Waals surface area contributed by atoms with Crippen LogP contribution in [0, 0.1) is 5.92 Å². The molecule has 1 unspecified atom stereocenters. The van der Waals surface area contributed by atoms with Gasteiger partial charge in [0.1, 0.15) is 6.04 Å². The predicted octanol–water partition coefficient (Wildman–Crippen LogP) is 1.87. The van der Waals surface area contributed by atoms with E-state index < -0.39 is 36.5 Å². The van der Waals surface area contributed by atoms with Gasteiger partial charge in [0, 0.05) is 6.04 Å². The van der Waals surface area contributed by atoms with Crippen LogP contribution in [-0.2, 0) is 14.3 Å². The molecule has 1 rings (SSSR count). The average Bonchev–Trinajstić information content (AvgIpc) is 2.56. The van der Waals surface area contributed by atoms with Crippen molar-refractivity contribution < 1.29 is 23.9 Å². The molecular weight excluding hydrogens is 374 g/mol. The topological polar surface area (TPSA) is 114 Å². The number of hydrogen-bond acceptors (Lipinski definition) is 5. The summed E-state index contributed by atoms with van der Waals surface area (Å²) >= 11 is 5.98. The number of ether oxygens (including phenoxy) is 1. The molecule has 1 aromatic rings. The molecule has 0 aromatic heterocycles. The Morgan fingerprint density at radius 2 is 1.67 bits per heavy atom. The van der Waals surface area contributed by atoms with E-state index in [0.717, 1.165) is 0 Å². The van der Waals surface area contributed by atoms with Gasteiger partial charge in [-0.25, -0.2) is 9.59 Å². The standard InChI is InChI=1S/C18H24ClN3O5/c1-10(2)15(22-16(24)12-7-5-6-8-13(12)19)17(25)27-9-14(23)21-18(26)20-11(3)4/h5-8,10-11,15H,9H2,1-4H3,(H,22,24)(H2,20,21,23,26). The van der Waals surface area contributed by atoms with Crippen LogP contribution in [0.2, 0.25) is 5.02 Å². The van der Waals surface area contributed by atoms with Crippen molar-refractivity contribution in [2.24, 2.45) is 5.92 Å². The normalized spacial score (nSPS) is 11.7. The minimum absolute atomic E-state index is 0.148. The maximum absolute atomic E-state index is 12.3. The van der Waals surface area contributed by atoms with E-state index in [0.29, 0.717) is 0 Å². The van der Waals surface area contributed by atoms with Crippen LogP contribution in [0.15, 0.2) is 24.3 Å². The van der Waals surface area contributed by atoms with Crippen molar-refractivity contribution in [3.8, 4) is 0 Å². The number of urea groups is 1. The van der Waals surface area contributed by atoms with E-state index in [2.05, 4.69) is 10.6 Å². The van der Waals surface area contributed by atoms with E-state index >= 15 is 0 Å². The van der Waals surface area contributed by atoms with Gasteiger partial charge in [-0.1, -0.05) is 37.6 Å². The van der Waals surface area contributed by atoms with Crippen LogP contribution in [0.5, 0.6) is 0 Å². The van der Waals surface area contributed by atoms with Crippen molar-refractivity contribution in [1.29, 1.82) is 0 Å². The molecule has 1 atom stereocenters. The van der Waals surface area contributed by atoms with Gasteiger partial charge < -0.3 is 15.4 Å². The fourth-order valence-corrected chi connectivity index (χ4v) is 2.27. The number of halogens is 1. The van der Waals surface area contributed by atoms with Gasteiger partial charge in [-0.2, -0.15) is 0 Å². The summed E-state index contributed by atoms with van der Waals surface area (Å²) in [6.45, 7) is 6.26. The van der Waals surface area contributed by atoms with Crippen LogP contribution in [0.25, 0.3) is 0 Å². The molecule has 148 valence electrons. The SMILES string of the molecule is CC(C)NC(=O)NC(=O)COC(=O)C(NC(=O)c1ccccc1Cl)C(C)C. The highest BCUT2D eigenvalue weighted by Crippen LogP contribution is 2.15. The molecule has 0 fully saturated rings. The summed E-state index contributed by atoms with van der Waals surface area (Å²) in [5, 5.41) is 7.32. The van der Waals surface area contributed by atoms with Gasteiger partial charge in [0.2, 0.25) is 0 Å². The van der Waals surface area contributed by atoms with Gasteiger partial charge >= 0.3 is 12.0 Å². The molecular formula is C18H24ClN3O5. The van der Waals surface area contributed by atoms with Crippen LogP contribution in [-0.4, -0.2) is 42.5 Å². The Morgan fingerprint density at radius 1 is 1.04 bits per heavy atom. The highest BCUT2D eigenvalue weighted by atomic mass is 35.5. The fourth-order valence-electron chi connectivity index (χ4n) is 2.05. The molecule has 4 amide bonds. The second-order valence-electron chi connectivity index (χ2n) is 6.46. The van der Waals surface area contributed by atoms with E-state index in [9.17, 15) is 19.2 Å². The molecule has 0 spiro atoms. The Bertz CT molecular complexity index is 706. The maximum Gasteiger partial charge on any atom is 0.329 e. The zero-order valence-corrected chi connectivity index (χ0v) is 16.4. The number of amides is 4. The van der Waals surface area contributed by atoms with Gasteiger partial charge in [-0.05, 0) is 31.9 Å². The first-order valence-electron chi connectivity index (χ1n) is 8.44. The zero-order chi connectivity index (χ0) is 20.6. The summed E-state index contributed by atoms with van der Waals surface area (Å²) in [7, 11) is 0. The molecule has 0 bridgehead atoms. The number of carbonyl (C=O) groups excluding carboxylic acids is 4. The lowest BCUT2D eigenvalue weighted by Crippen LogP contribution is -2.47.